The zero-order valence-electron chi connectivity index (χ0n) is 15.7. The zero-order chi connectivity index (χ0) is 17.8. The normalized spacial score (nSPS) is 17.6. The second kappa shape index (κ2) is 5.62. The Bertz CT molecular complexity index is 912. The maximum absolute atomic E-state index is 6.32. The summed E-state index contributed by atoms with van der Waals surface area (Å²) in [6.07, 6.45) is 5.40. The Morgan fingerprint density at radius 1 is 1.08 bits per heavy atom. The fourth-order valence-electron chi connectivity index (χ4n) is 4.25. The Kier molecular flexibility index (Phi) is 3.64. The molecule has 2 aromatic carbocycles. The molecule has 1 nitrogen and oxygen atoms in total. The number of rotatable bonds is 2. The van der Waals surface area contributed by atoms with Crippen molar-refractivity contribution in [2.75, 3.05) is 0 Å². The Labute approximate surface area is 151 Å². The van der Waals surface area contributed by atoms with E-state index in [0.717, 1.165) is 47.5 Å². The van der Waals surface area contributed by atoms with Crippen LogP contribution in [0.5, 0.6) is 5.75 Å². The minimum atomic E-state index is 0.367. The fourth-order valence-corrected chi connectivity index (χ4v) is 4.25. The third kappa shape index (κ3) is 2.82. The average molecular weight is 330 g/mol. The summed E-state index contributed by atoms with van der Waals surface area (Å²) >= 11 is 0. The number of aryl methyl sites for hydroxylation is 2. The molecule has 1 aliphatic carbocycles. The minimum Gasteiger partial charge on any atom is -0.456 e. The highest BCUT2D eigenvalue weighted by Crippen LogP contribution is 2.41. The van der Waals surface area contributed by atoms with Crippen LogP contribution >= 0.6 is 0 Å². The maximum atomic E-state index is 6.32. The van der Waals surface area contributed by atoms with E-state index >= 15 is 0 Å². The Balaban J connectivity index is 1.73. The van der Waals surface area contributed by atoms with Crippen molar-refractivity contribution in [3.8, 4) is 5.75 Å². The van der Waals surface area contributed by atoms with Gasteiger partial charge in [-0.25, -0.2) is 0 Å². The molecule has 1 aliphatic heterocycles. The first-order valence-corrected chi connectivity index (χ1v) is 9.21. The van der Waals surface area contributed by atoms with Crippen molar-refractivity contribution in [3.63, 3.8) is 0 Å². The van der Waals surface area contributed by atoms with Crippen LogP contribution in [-0.4, -0.2) is 0 Å². The quantitative estimate of drug-likeness (QED) is 0.643. The van der Waals surface area contributed by atoms with E-state index in [0.29, 0.717) is 5.41 Å². The van der Waals surface area contributed by atoms with Crippen molar-refractivity contribution in [2.24, 2.45) is 5.41 Å². The lowest BCUT2D eigenvalue weighted by Gasteiger charge is -2.23. The van der Waals surface area contributed by atoms with Crippen LogP contribution in [0.3, 0.4) is 0 Å². The van der Waals surface area contributed by atoms with E-state index in [2.05, 4.69) is 70.7 Å². The molecule has 25 heavy (non-hydrogen) atoms. The molecule has 2 aromatic rings. The van der Waals surface area contributed by atoms with Crippen molar-refractivity contribution in [3.05, 3.63) is 76.4 Å². The van der Waals surface area contributed by atoms with Gasteiger partial charge in [-0.2, -0.15) is 0 Å². The second-order valence-corrected chi connectivity index (χ2v) is 8.28. The fraction of sp³-hybridized carbons (Fsp3) is 0.333. The molecule has 0 radical (unpaired) electrons. The van der Waals surface area contributed by atoms with E-state index in [4.69, 9.17) is 4.74 Å². The molecule has 2 aliphatic rings. The highest BCUT2D eigenvalue weighted by molar-refractivity contribution is 5.88. The topological polar surface area (TPSA) is 9.23 Å². The van der Waals surface area contributed by atoms with Gasteiger partial charge in [0.2, 0.25) is 0 Å². The van der Waals surface area contributed by atoms with E-state index in [1.807, 2.05) is 0 Å². The first-order valence-electron chi connectivity index (χ1n) is 9.21. The van der Waals surface area contributed by atoms with Crippen LogP contribution in [0.2, 0.25) is 0 Å². The van der Waals surface area contributed by atoms with E-state index in [-0.39, 0.29) is 0 Å². The first-order chi connectivity index (χ1) is 11.9. The molecule has 0 N–H and O–H groups in total. The predicted molar refractivity (Wildman–Crippen MR) is 106 cm³/mol. The minimum absolute atomic E-state index is 0.367. The van der Waals surface area contributed by atoms with E-state index in [1.165, 1.54) is 22.3 Å². The largest absolute Gasteiger partial charge is 0.456 e. The summed E-state index contributed by atoms with van der Waals surface area (Å²) in [5, 5.41) is 0. The molecular weight excluding hydrogens is 304 g/mol. The van der Waals surface area contributed by atoms with Gasteiger partial charge in [-0.05, 0) is 77.6 Å². The molecule has 0 saturated carbocycles. The van der Waals surface area contributed by atoms with Gasteiger partial charge in [-0.15, -0.1) is 0 Å². The van der Waals surface area contributed by atoms with Gasteiger partial charge >= 0.3 is 0 Å². The van der Waals surface area contributed by atoms with Crippen LogP contribution in [-0.2, 0) is 19.3 Å². The van der Waals surface area contributed by atoms with Gasteiger partial charge in [0, 0.05) is 11.1 Å². The summed E-state index contributed by atoms with van der Waals surface area (Å²) in [7, 11) is 0. The van der Waals surface area contributed by atoms with Gasteiger partial charge in [0.15, 0.2) is 0 Å². The van der Waals surface area contributed by atoms with Gasteiger partial charge < -0.3 is 4.74 Å². The highest BCUT2D eigenvalue weighted by atomic mass is 16.5. The van der Waals surface area contributed by atoms with Crippen LogP contribution in [0.4, 0.5) is 0 Å². The molecule has 0 fully saturated rings. The molecule has 0 bridgehead atoms. The lowest BCUT2D eigenvalue weighted by Crippen LogP contribution is -2.09. The van der Waals surface area contributed by atoms with E-state index in [1.54, 1.807) is 0 Å². The Morgan fingerprint density at radius 3 is 2.60 bits per heavy atom. The van der Waals surface area contributed by atoms with Crippen LogP contribution in [0.25, 0.3) is 11.3 Å². The van der Waals surface area contributed by atoms with Crippen LogP contribution < -0.4 is 4.74 Å². The van der Waals surface area contributed by atoms with Crippen LogP contribution in [0, 0.1) is 12.3 Å². The molecule has 1 heteroatoms. The average Bonchev–Trinajstić information content (AvgIpc) is 2.86. The number of fused-ring (bicyclic) bond motifs is 2. The number of benzene rings is 2. The van der Waals surface area contributed by atoms with Gasteiger partial charge in [0.1, 0.15) is 11.5 Å². The molecule has 1 heterocycles. The van der Waals surface area contributed by atoms with Crippen molar-refractivity contribution in [1.29, 1.82) is 0 Å². The molecular formula is C24H26O. The molecule has 128 valence electrons. The molecule has 0 amide bonds. The van der Waals surface area contributed by atoms with Crippen molar-refractivity contribution in [2.45, 2.75) is 47.0 Å². The number of allylic oxidation sites excluding steroid dienone is 2. The SMILES string of the molecule is C=C1C=C(c2ccc3c(c2)CC(C)(C)C3)Oc2cc(CC)cc(C)c21. The monoisotopic (exact) mass is 330 g/mol. The summed E-state index contributed by atoms with van der Waals surface area (Å²) in [6.45, 7) is 13.3. The Morgan fingerprint density at radius 2 is 1.84 bits per heavy atom. The van der Waals surface area contributed by atoms with E-state index < -0.39 is 0 Å². The van der Waals surface area contributed by atoms with Crippen molar-refractivity contribution in [1.82, 2.24) is 0 Å². The molecule has 0 spiro atoms. The number of ether oxygens (including phenoxy) is 1. The third-order valence-corrected chi connectivity index (χ3v) is 5.44. The number of hydrogen-bond acceptors (Lipinski definition) is 1. The summed E-state index contributed by atoms with van der Waals surface area (Å²) in [4.78, 5) is 0. The lowest BCUT2D eigenvalue weighted by molar-refractivity contribution is 0.392. The van der Waals surface area contributed by atoms with Crippen LogP contribution in [0.15, 0.2) is 43.0 Å². The smallest absolute Gasteiger partial charge is 0.135 e. The van der Waals surface area contributed by atoms with Gasteiger partial charge in [-0.3, -0.25) is 0 Å². The van der Waals surface area contributed by atoms with Crippen molar-refractivity contribution < 1.29 is 4.74 Å². The zero-order valence-corrected chi connectivity index (χ0v) is 15.7. The van der Waals surface area contributed by atoms with Crippen molar-refractivity contribution >= 4 is 11.3 Å². The van der Waals surface area contributed by atoms with Gasteiger partial charge in [0.25, 0.3) is 0 Å². The highest BCUT2D eigenvalue weighted by Gasteiger charge is 2.29. The van der Waals surface area contributed by atoms with E-state index in [9.17, 15) is 0 Å². The predicted octanol–water partition coefficient (Wildman–Crippen LogP) is 6.13. The third-order valence-electron chi connectivity index (χ3n) is 5.44. The standard InChI is InChI=1S/C24H26O/c1-6-17-9-15(2)23-16(3)10-21(25-22(23)11-17)18-7-8-19-13-24(4,5)14-20(19)12-18/h7-12H,3,6,13-14H2,1-2,4-5H3. The molecule has 4 rings (SSSR count). The number of hydrogen-bond donors (Lipinski definition) is 0. The molecule has 0 unspecified atom stereocenters. The molecule has 0 aromatic heterocycles. The van der Waals surface area contributed by atoms with Crippen LogP contribution in [0.1, 0.15) is 54.2 Å². The lowest BCUT2D eigenvalue weighted by atomic mass is 9.90. The summed E-state index contributed by atoms with van der Waals surface area (Å²) < 4.78 is 6.32. The summed E-state index contributed by atoms with van der Waals surface area (Å²) in [6, 6.07) is 11.2. The maximum Gasteiger partial charge on any atom is 0.135 e. The van der Waals surface area contributed by atoms with Gasteiger partial charge in [-0.1, -0.05) is 45.5 Å². The first kappa shape index (κ1) is 16.2. The Hall–Kier alpha value is -2.28. The van der Waals surface area contributed by atoms with Gasteiger partial charge in [0.05, 0.1) is 0 Å². The molecule has 0 atom stereocenters. The summed E-state index contributed by atoms with van der Waals surface area (Å²) in [5.41, 5.74) is 9.19. The second-order valence-electron chi connectivity index (χ2n) is 8.28. The summed E-state index contributed by atoms with van der Waals surface area (Å²) in [5.74, 6) is 1.86. The molecule has 0 saturated heterocycles.